The van der Waals surface area contributed by atoms with Gasteiger partial charge in [0.25, 0.3) is 0 Å². The third-order valence-electron chi connectivity index (χ3n) is 5.37. The van der Waals surface area contributed by atoms with E-state index in [0.717, 1.165) is 31.7 Å². The molecule has 1 heterocycles. The van der Waals surface area contributed by atoms with Crippen molar-refractivity contribution in [2.45, 2.75) is 25.2 Å². The molecular weight excluding hydrogens is 354 g/mol. The molecule has 2 aromatic carbocycles. The Kier molecular flexibility index (Phi) is 6.41. The van der Waals surface area contributed by atoms with Crippen LogP contribution in [0.25, 0.3) is 0 Å². The van der Waals surface area contributed by atoms with Crippen molar-refractivity contribution in [3.63, 3.8) is 0 Å². The Morgan fingerprint density at radius 3 is 2.50 bits per heavy atom. The molecule has 1 saturated heterocycles. The summed E-state index contributed by atoms with van der Waals surface area (Å²) < 4.78 is 16.2. The summed E-state index contributed by atoms with van der Waals surface area (Å²) in [5.41, 5.74) is 9.57. The number of methoxy groups -OCH3 is 2. The molecule has 3 N–H and O–H groups in total. The van der Waals surface area contributed by atoms with Gasteiger partial charge in [0.2, 0.25) is 0 Å². The SMILES string of the molecule is COc1ccc(NC(N)=NCC2(c3ccccc3C)CCOCC2)cc1OC. The Balaban J connectivity index is 1.79. The molecule has 1 fully saturated rings. The summed E-state index contributed by atoms with van der Waals surface area (Å²) in [7, 11) is 3.22. The lowest BCUT2D eigenvalue weighted by Crippen LogP contribution is -2.38. The largest absolute Gasteiger partial charge is 0.493 e. The minimum Gasteiger partial charge on any atom is -0.493 e. The Hall–Kier alpha value is -2.73. The number of aliphatic imine (C=N–C) groups is 1. The second-order valence-corrected chi connectivity index (χ2v) is 7.10. The number of nitrogens with zero attached hydrogens (tertiary/aromatic N) is 1. The van der Waals surface area contributed by atoms with Crippen LogP contribution in [0.15, 0.2) is 47.5 Å². The Morgan fingerprint density at radius 2 is 1.82 bits per heavy atom. The fourth-order valence-corrected chi connectivity index (χ4v) is 3.78. The van der Waals surface area contributed by atoms with E-state index < -0.39 is 0 Å². The number of anilines is 1. The number of nitrogens with two attached hydrogens (primary N) is 1. The number of nitrogens with one attached hydrogen (secondary N) is 1. The molecule has 0 unspecified atom stereocenters. The van der Waals surface area contributed by atoms with Crippen molar-refractivity contribution in [1.29, 1.82) is 0 Å². The van der Waals surface area contributed by atoms with E-state index >= 15 is 0 Å². The van der Waals surface area contributed by atoms with Crippen LogP contribution in [0.5, 0.6) is 11.5 Å². The van der Waals surface area contributed by atoms with E-state index in [0.29, 0.717) is 24.0 Å². The Labute approximate surface area is 166 Å². The summed E-state index contributed by atoms with van der Waals surface area (Å²) in [6.45, 7) is 4.26. The highest BCUT2D eigenvalue weighted by Gasteiger charge is 2.35. The van der Waals surface area contributed by atoms with Gasteiger partial charge in [-0.25, -0.2) is 0 Å². The van der Waals surface area contributed by atoms with Gasteiger partial charge in [0.1, 0.15) is 0 Å². The predicted octanol–water partition coefficient (Wildman–Crippen LogP) is 3.49. The number of hydrogen-bond donors (Lipinski definition) is 2. The molecule has 0 aliphatic carbocycles. The number of guanidine groups is 1. The molecular formula is C22H29N3O3. The maximum Gasteiger partial charge on any atom is 0.193 e. The summed E-state index contributed by atoms with van der Waals surface area (Å²) in [5, 5.41) is 3.15. The van der Waals surface area contributed by atoms with Crippen LogP contribution >= 0.6 is 0 Å². The number of hydrogen-bond acceptors (Lipinski definition) is 4. The first-order valence-corrected chi connectivity index (χ1v) is 9.51. The van der Waals surface area contributed by atoms with Gasteiger partial charge < -0.3 is 25.3 Å². The minimum absolute atomic E-state index is 0.0481. The molecule has 6 nitrogen and oxygen atoms in total. The topological polar surface area (TPSA) is 78.1 Å². The zero-order chi connectivity index (χ0) is 20.0. The van der Waals surface area contributed by atoms with Crippen molar-refractivity contribution in [3.05, 3.63) is 53.6 Å². The Bertz CT molecular complexity index is 830. The predicted molar refractivity (Wildman–Crippen MR) is 113 cm³/mol. The van der Waals surface area contributed by atoms with Gasteiger partial charge in [-0.2, -0.15) is 0 Å². The molecule has 150 valence electrons. The highest BCUT2D eigenvalue weighted by atomic mass is 16.5. The molecule has 0 bridgehead atoms. The average Bonchev–Trinajstić information content (AvgIpc) is 2.73. The third-order valence-corrected chi connectivity index (χ3v) is 5.37. The van der Waals surface area contributed by atoms with Crippen LogP contribution in [0, 0.1) is 6.92 Å². The van der Waals surface area contributed by atoms with Gasteiger partial charge in [0.15, 0.2) is 17.5 Å². The standard InChI is InChI=1S/C22H29N3O3/c1-16-6-4-5-7-18(16)22(10-12-28-13-11-22)15-24-21(23)25-17-8-9-19(26-2)20(14-17)27-3/h4-9,14H,10-13,15H2,1-3H3,(H3,23,24,25). The van der Waals surface area contributed by atoms with Crippen molar-refractivity contribution < 1.29 is 14.2 Å². The molecule has 0 spiro atoms. The number of aryl methyl sites for hydroxylation is 1. The van der Waals surface area contributed by atoms with E-state index in [2.05, 4.69) is 41.5 Å². The fraction of sp³-hybridized carbons (Fsp3) is 0.409. The summed E-state index contributed by atoms with van der Waals surface area (Å²) in [4.78, 5) is 4.69. The van der Waals surface area contributed by atoms with Crippen LogP contribution < -0.4 is 20.5 Å². The van der Waals surface area contributed by atoms with Crippen molar-refractivity contribution in [1.82, 2.24) is 0 Å². The van der Waals surface area contributed by atoms with Gasteiger partial charge in [0, 0.05) is 30.4 Å². The lowest BCUT2D eigenvalue weighted by molar-refractivity contribution is 0.0529. The quantitative estimate of drug-likeness (QED) is 0.590. The highest BCUT2D eigenvalue weighted by molar-refractivity contribution is 5.92. The monoisotopic (exact) mass is 383 g/mol. The summed E-state index contributed by atoms with van der Waals surface area (Å²) >= 11 is 0. The lowest BCUT2D eigenvalue weighted by atomic mass is 9.72. The van der Waals surface area contributed by atoms with Gasteiger partial charge in [-0.3, -0.25) is 4.99 Å². The summed E-state index contributed by atoms with van der Waals surface area (Å²) in [6.07, 6.45) is 1.87. The van der Waals surface area contributed by atoms with E-state index in [1.165, 1.54) is 11.1 Å². The molecule has 3 rings (SSSR count). The van der Waals surface area contributed by atoms with Crippen molar-refractivity contribution in [2.75, 3.05) is 39.3 Å². The molecule has 0 amide bonds. The minimum atomic E-state index is -0.0481. The zero-order valence-corrected chi connectivity index (χ0v) is 16.8. The maximum absolute atomic E-state index is 6.20. The first-order valence-electron chi connectivity index (χ1n) is 9.51. The molecule has 0 atom stereocenters. The lowest BCUT2D eigenvalue weighted by Gasteiger charge is -2.37. The van der Waals surface area contributed by atoms with Gasteiger partial charge in [-0.1, -0.05) is 24.3 Å². The van der Waals surface area contributed by atoms with Crippen LogP contribution in [0.2, 0.25) is 0 Å². The van der Waals surface area contributed by atoms with E-state index in [4.69, 9.17) is 19.9 Å². The van der Waals surface area contributed by atoms with Gasteiger partial charge in [-0.15, -0.1) is 0 Å². The summed E-state index contributed by atoms with van der Waals surface area (Å²) in [6, 6.07) is 14.1. The first-order chi connectivity index (χ1) is 13.6. The van der Waals surface area contributed by atoms with Gasteiger partial charge >= 0.3 is 0 Å². The highest BCUT2D eigenvalue weighted by Crippen LogP contribution is 2.37. The van der Waals surface area contributed by atoms with Crippen LogP contribution in [0.1, 0.15) is 24.0 Å². The van der Waals surface area contributed by atoms with Gasteiger partial charge in [-0.05, 0) is 43.0 Å². The molecule has 28 heavy (non-hydrogen) atoms. The second-order valence-electron chi connectivity index (χ2n) is 7.10. The molecule has 1 aliphatic rings. The molecule has 0 radical (unpaired) electrons. The molecule has 0 saturated carbocycles. The van der Waals surface area contributed by atoms with Crippen LogP contribution in [-0.2, 0) is 10.2 Å². The van der Waals surface area contributed by atoms with Crippen molar-refractivity contribution >= 4 is 11.6 Å². The van der Waals surface area contributed by atoms with Crippen LogP contribution in [-0.4, -0.2) is 39.9 Å². The third kappa shape index (κ3) is 4.39. The second kappa shape index (κ2) is 8.97. The number of rotatable bonds is 6. The molecule has 1 aliphatic heterocycles. The van der Waals surface area contributed by atoms with E-state index in [1.807, 2.05) is 18.2 Å². The van der Waals surface area contributed by atoms with E-state index in [9.17, 15) is 0 Å². The van der Waals surface area contributed by atoms with Crippen molar-refractivity contribution in [2.24, 2.45) is 10.7 Å². The van der Waals surface area contributed by atoms with E-state index in [-0.39, 0.29) is 5.41 Å². The number of benzene rings is 2. The smallest absolute Gasteiger partial charge is 0.193 e. The van der Waals surface area contributed by atoms with Gasteiger partial charge in [0.05, 0.1) is 20.8 Å². The van der Waals surface area contributed by atoms with Crippen molar-refractivity contribution in [3.8, 4) is 11.5 Å². The Morgan fingerprint density at radius 1 is 1.11 bits per heavy atom. The molecule has 6 heteroatoms. The van der Waals surface area contributed by atoms with E-state index in [1.54, 1.807) is 14.2 Å². The molecule has 2 aromatic rings. The normalized spacial score (nSPS) is 16.5. The van der Waals surface area contributed by atoms with Crippen LogP contribution in [0.4, 0.5) is 5.69 Å². The number of ether oxygens (including phenoxy) is 3. The average molecular weight is 383 g/mol. The summed E-state index contributed by atoms with van der Waals surface area (Å²) in [5.74, 6) is 1.69. The first kappa shape index (κ1) is 20.0. The maximum atomic E-state index is 6.20. The zero-order valence-electron chi connectivity index (χ0n) is 16.8. The fourth-order valence-electron chi connectivity index (χ4n) is 3.78. The van der Waals surface area contributed by atoms with Crippen LogP contribution in [0.3, 0.4) is 0 Å². The molecule has 0 aromatic heterocycles.